The van der Waals surface area contributed by atoms with Crippen LogP contribution in [0.4, 0.5) is 4.39 Å². The molecule has 18 heavy (non-hydrogen) atoms. The lowest BCUT2D eigenvalue weighted by Gasteiger charge is -2.18. The predicted octanol–water partition coefficient (Wildman–Crippen LogP) is 1.96. The first-order chi connectivity index (χ1) is 8.16. The lowest BCUT2D eigenvalue weighted by Crippen LogP contribution is -2.36. The van der Waals surface area contributed by atoms with Gasteiger partial charge in [-0.05, 0) is 37.6 Å². The molecule has 0 aromatic heterocycles. The van der Waals surface area contributed by atoms with Gasteiger partial charge in [0.1, 0.15) is 5.82 Å². The molecule has 100 valence electrons. The van der Waals surface area contributed by atoms with Gasteiger partial charge in [-0.15, -0.1) is 12.4 Å². The van der Waals surface area contributed by atoms with Crippen molar-refractivity contribution >= 4 is 18.3 Å². The molecule has 0 saturated heterocycles. The van der Waals surface area contributed by atoms with Gasteiger partial charge >= 0.3 is 0 Å². The highest BCUT2D eigenvalue weighted by Gasteiger charge is 2.45. The SMILES string of the molecule is CNCCC(=O)NC1(c2cccc(F)c2)CC1.Cl. The molecule has 0 aliphatic heterocycles. The Morgan fingerprint density at radius 3 is 2.72 bits per heavy atom. The van der Waals surface area contributed by atoms with Crippen LogP contribution < -0.4 is 10.6 Å². The minimum atomic E-state index is -0.313. The Kier molecular flexibility index (Phi) is 5.11. The largest absolute Gasteiger partial charge is 0.347 e. The van der Waals surface area contributed by atoms with Gasteiger partial charge in [-0.25, -0.2) is 4.39 Å². The molecule has 3 nitrogen and oxygen atoms in total. The Balaban J connectivity index is 0.00000162. The summed E-state index contributed by atoms with van der Waals surface area (Å²) in [4.78, 5) is 11.7. The van der Waals surface area contributed by atoms with Crippen molar-refractivity contribution in [3.63, 3.8) is 0 Å². The van der Waals surface area contributed by atoms with Gasteiger partial charge in [-0.1, -0.05) is 12.1 Å². The first kappa shape index (κ1) is 14.9. The summed E-state index contributed by atoms with van der Waals surface area (Å²) < 4.78 is 13.1. The Morgan fingerprint density at radius 1 is 1.44 bits per heavy atom. The van der Waals surface area contributed by atoms with Crippen molar-refractivity contribution in [2.45, 2.75) is 24.8 Å². The molecule has 1 aliphatic rings. The maximum Gasteiger partial charge on any atom is 0.221 e. The maximum atomic E-state index is 13.1. The summed E-state index contributed by atoms with van der Waals surface area (Å²) in [6.45, 7) is 0.658. The van der Waals surface area contributed by atoms with E-state index in [0.29, 0.717) is 13.0 Å². The normalized spacial score (nSPS) is 15.7. The van der Waals surface area contributed by atoms with Crippen molar-refractivity contribution in [3.05, 3.63) is 35.6 Å². The molecular weight excluding hydrogens is 255 g/mol. The smallest absolute Gasteiger partial charge is 0.221 e. The molecule has 2 N–H and O–H groups in total. The van der Waals surface area contributed by atoms with Crippen molar-refractivity contribution in [3.8, 4) is 0 Å². The fourth-order valence-corrected chi connectivity index (χ4v) is 1.96. The Labute approximate surface area is 113 Å². The van der Waals surface area contributed by atoms with Crippen LogP contribution in [0.2, 0.25) is 0 Å². The van der Waals surface area contributed by atoms with Gasteiger partial charge in [-0.2, -0.15) is 0 Å². The highest BCUT2D eigenvalue weighted by atomic mass is 35.5. The third kappa shape index (κ3) is 3.43. The molecule has 0 spiro atoms. The first-order valence-electron chi connectivity index (χ1n) is 5.88. The van der Waals surface area contributed by atoms with Gasteiger partial charge in [0.05, 0.1) is 5.54 Å². The molecule has 1 aliphatic carbocycles. The molecule has 2 rings (SSSR count). The highest BCUT2D eigenvalue weighted by molar-refractivity contribution is 5.85. The second kappa shape index (κ2) is 6.16. The van der Waals surface area contributed by atoms with E-state index in [9.17, 15) is 9.18 Å². The summed E-state index contributed by atoms with van der Waals surface area (Å²) in [5.74, 6) is -0.237. The first-order valence-corrected chi connectivity index (χ1v) is 5.88. The van der Waals surface area contributed by atoms with Crippen molar-refractivity contribution in [1.82, 2.24) is 10.6 Å². The summed E-state index contributed by atoms with van der Waals surface area (Å²) >= 11 is 0. The molecule has 5 heteroatoms. The van der Waals surface area contributed by atoms with Crippen LogP contribution in [0.25, 0.3) is 0 Å². The molecule has 1 amide bonds. The number of carbonyl (C=O) groups excluding carboxylic acids is 1. The molecule has 1 saturated carbocycles. The number of hydrogen-bond donors (Lipinski definition) is 2. The van der Waals surface area contributed by atoms with Crippen LogP contribution in [0.5, 0.6) is 0 Å². The van der Waals surface area contributed by atoms with E-state index in [1.807, 2.05) is 13.1 Å². The third-order valence-electron chi connectivity index (χ3n) is 3.11. The van der Waals surface area contributed by atoms with Gasteiger partial charge < -0.3 is 10.6 Å². The average molecular weight is 273 g/mol. The molecule has 0 heterocycles. The van der Waals surface area contributed by atoms with E-state index >= 15 is 0 Å². The number of carbonyl (C=O) groups is 1. The van der Waals surface area contributed by atoms with E-state index in [0.717, 1.165) is 18.4 Å². The molecule has 1 aromatic rings. The van der Waals surface area contributed by atoms with Crippen molar-refractivity contribution in [1.29, 1.82) is 0 Å². The van der Waals surface area contributed by atoms with Crippen LogP contribution in [0.15, 0.2) is 24.3 Å². The van der Waals surface area contributed by atoms with Crippen molar-refractivity contribution < 1.29 is 9.18 Å². The summed E-state index contributed by atoms with van der Waals surface area (Å²) in [5.41, 5.74) is 0.558. The maximum absolute atomic E-state index is 13.1. The summed E-state index contributed by atoms with van der Waals surface area (Å²) in [6, 6.07) is 6.48. The Morgan fingerprint density at radius 2 is 2.17 bits per heavy atom. The molecule has 0 atom stereocenters. The van der Waals surface area contributed by atoms with Crippen LogP contribution in [0, 0.1) is 5.82 Å². The minimum Gasteiger partial charge on any atom is -0.347 e. The third-order valence-corrected chi connectivity index (χ3v) is 3.11. The fraction of sp³-hybridized carbons (Fsp3) is 0.462. The molecule has 1 aromatic carbocycles. The van der Waals surface area contributed by atoms with Crippen molar-refractivity contribution in [2.75, 3.05) is 13.6 Å². The van der Waals surface area contributed by atoms with Gasteiger partial charge in [0.2, 0.25) is 5.91 Å². The van der Waals surface area contributed by atoms with E-state index in [1.165, 1.54) is 12.1 Å². The fourth-order valence-electron chi connectivity index (χ4n) is 1.96. The summed E-state index contributed by atoms with van der Waals surface area (Å²) in [5, 5.41) is 5.93. The van der Waals surface area contributed by atoms with E-state index in [1.54, 1.807) is 6.07 Å². The van der Waals surface area contributed by atoms with E-state index in [2.05, 4.69) is 10.6 Å². The second-order valence-electron chi connectivity index (χ2n) is 4.49. The van der Waals surface area contributed by atoms with Crippen LogP contribution >= 0.6 is 12.4 Å². The monoisotopic (exact) mass is 272 g/mol. The lowest BCUT2D eigenvalue weighted by molar-refractivity contribution is -0.122. The van der Waals surface area contributed by atoms with Crippen LogP contribution in [0.1, 0.15) is 24.8 Å². The lowest BCUT2D eigenvalue weighted by atomic mass is 10.0. The quantitative estimate of drug-likeness (QED) is 0.860. The van der Waals surface area contributed by atoms with Crippen molar-refractivity contribution in [2.24, 2.45) is 0 Å². The molecule has 1 fully saturated rings. The Hall–Kier alpha value is -1.13. The van der Waals surface area contributed by atoms with Crippen LogP contribution in [-0.2, 0) is 10.3 Å². The number of hydrogen-bond acceptors (Lipinski definition) is 2. The molecule has 0 radical (unpaired) electrons. The number of amides is 1. The van der Waals surface area contributed by atoms with E-state index in [-0.39, 0.29) is 29.7 Å². The van der Waals surface area contributed by atoms with Gasteiger partial charge in [0.15, 0.2) is 0 Å². The van der Waals surface area contributed by atoms with E-state index < -0.39 is 0 Å². The number of benzene rings is 1. The zero-order valence-electron chi connectivity index (χ0n) is 10.3. The number of halogens is 2. The topological polar surface area (TPSA) is 41.1 Å². The van der Waals surface area contributed by atoms with Gasteiger partial charge in [0, 0.05) is 13.0 Å². The zero-order chi connectivity index (χ0) is 12.3. The summed E-state index contributed by atoms with van der Waals surface area (Å²) in [7, 11) is 1.81. The van der Waals surface area contributed by atoms with Gasteiger partial charge in [0.25, 0.3) is 0 Å². The molecule has 0 bridgehead atoms. The Bertz CT molecular complexity index is 421. The van der Waals surface area contributed by atoms with Gasteiger partial charge in [-0.3, -0.25) is 4.79 Å². The molecule has 0 unspecified atom stereocenters. The zero-order valence-corrected chi connectivity index (χ0v) is 11.1. The van der Waals surface area contributed by atoms with Crippen LogP contribution in [0.3, 0.4) is 0 Å². The predicted molar refractivity (Wildman–Crippen MR) is 71.2 cm³/mol. The molecular formula is C13H18ClFN2O. The minimum absolute atomic E-state index is 0. The van der Waals surface area contributed by atoms with Crippen LogP contribution in [-0.4, -0.2) is 19.5 Å². The standard InChI is InChI=1S/C13H17FN2O.ClH/c1-15-8-5-12(17)16-13(6-7-13)10-3-2-4-11(14)9-10;/h2-4,9,15H,5-8H2,1H3,(H,16,17);1H. The number of rotatable bonds is 5. The summed E-state index contributed by atoms with van der Waals surface area (Å²) in [6.07, 6.45) is 2.23. The second-order valence-corrected chi connectivity index (χ2v) is 4.49. The average Bonchev–Trinajstić information content (AvgIpc) is 3.07. The number of nitrogens with one attached hydrogen (secondary N) is 2. The highest BCUT2D eigenvalue weighted by Crippen LogP contribution is 2.45. The van der Waals surface area contributed by atoms with E-state index in [4.69, 9.17) is 0 Å².